The first-order chi connectivity index (χ1) is 22.1. The van der Waals surface area contributed by atoms with Gasteiger partial charge in [0.2, 0.25) is 5.91 Å². The number of rotatable bonds is 9. The van der Waals surface area contributed by atoms with E-state index in [0.717, 1.165) is 22.4 Å². The Labute approximate surface area is 265 Å². The number of aliphatic hydroxyl groups is 6. The number of benzene rings is 4. The van der Waals surface area contributed by atoms with E-state index < -0.39 is 42.9 Å². The fourth-order valence-electron chi connectivity index (χ4n) is 6.39. The van der Waals surface area contributed by atoms with Crippen LogP contribution in [0.25, 0.3) is 11.1 Å². The van der Waals surface area contributed by atoms with Gasteiger partial charge in [0.15, 0.2) is 6.29 Å². The van der Waals surface area contributed by atoms with Gasteiger partial charge in [-0.15, -0.1) is 0 Å². The van der Waals surface area contributed by atoms with E-state index in [0.29, 0.717) is 24.0 Å². The molecule has 2 saturated heterocycles. The molecule has 2 fully saturated rings. The lowest BCUT2D eigenvalue weighted by Crippen LogP contribution is -2.58. The van der Waals surface area contributed by atoms with Crippen LogP contribution < -0.4 is 4.90 Å². The second kappa shape index (κ2) is 13.4. The fraction of sp³-hybridized carbons (Fsp3) is 0.306. The van der Waals surface area contributed by atoms with Crippen LogP contribution in [0.15, 0.2) is 103 Å². The minimum atomic E-state index is -1.77. The van der Waals surface area contributed by atoms with Crippen LogP contribution in [0.3, 0.4) is 0 Å². The maximum Gasteiger partial charge on any atom is 0.233 e. The molecule has 46 heavy (non-hydrogen) atoms. The highest BCUT2D eigenvalue weighted by molar-refractivity contribution is 6.03. The molecule has 0 spiro atoms. The standard InChI is InChI=1S/C36H36FNO8/c37-25-15-13-21(14-16-25)28(39)18-17-27-29(38(35(27)44)26-7-2-1-3-8-26)22-11-9-20(10-12-22)23-5-4-6-24(19-23)30(40)34-32(42)31(41)33(43)36(45)46-34/h1-16,19,27-34,36,39-43,45H,17-18H2/t27-,28+,29+,30-,31+,32+,33-,34-,36+/m1/s1. The number of para-hydroxylation sites is 1. The number of halogens is 1. The predicted octanol–water partition coefficient (Wildman–Crippen LogP) is 3.54. The third kappa shape index (κ3) is 6.21. The largest absolute Gasteiger partial charge is 0.388 e. The Morgan fingerprint density at radius 2 is 1.43 bits per heavy atom. The molecule has 4 aromatic rings. The third-order valence-corrected chi connectivity index (χ3v) is 9.00. The zero-order valence-corrected chi connectivity index (χ0v) is 24.8. The first-order valence-electron chi connectivity index (χ1n) is 15.2. The number of ether oxygens (including phenoxy) is 1. The summed E-state index contributed by atoms with van der Waals surface area (Å²) in [6, 6.07) is 29.4. The van der Waals surface area contributed by atoms with E-state index in [-0.39, 0.29) is 23.7 Å². The zero-order chi connectivity index (χ0) is 32.5. The number of β-lactam (4-membered cyclic amide) rings is 1. The molecule has 10 heteroatoms. The average molecular weight is 630 g/mol. The van der Waals surface area contributed by atoms with Crippen LogP contribution in [0.1, 0.15) is 47.8 Å². The van der Waals surface area contributed by atoms with Crippen LogP contribution in [0, 0.1) is 11.7 Å². The molecule has 0 bridgehead atoms. The monoisotopic (exact) mass is 629 g/mol. The fourth-order valence-corrected chi connectivity index (χ4v) is 6.39. The molecule has 2 heterocycles. The summed E-state index contributed by atoms with van der Waals surface area (Å²) >= 11 is 0. The molecular formula is C36H36FNO8. The lowest BCUT2D eigenvalue weighted by atomic mass is 9.78. The minimum Gasteiger partial charge on any atom is -0.388 e. The van der Waals surface area contributed by atoms with E-state index in [1.165, 1.54) is 12.1 Å². The van der Waals surface area contributed by atoms with Gasteiger partial charge in [-0.3, -0.25) is 4.79 Å². The molecule has 9 atom stereocenters. The van der Waals surface area contributed by atoms with Crippen LogP contribution in [0.5, 0.6) is 0 Å². The normalized spacial score (nSPS) is 27.6. The molecule has 0 aliphatic carbocycles. The van der Waals surface area contributed by atoms with Gasteiger partial charge in [0.25, 0.3) is 0 Å². The summed E-state index contributed by atoms with van der Waals surface area (Å²) in [5.74, 6) is -0.790. The van der Waals surface area contributed by atoms with Gasteiger partial charge < -0.3 is 40.3 Å². The number of amides is 1. The molecule has 6 N–H and O–H groups in total. The van der Waals surface area contributed by atoms with Crippen LogP contribution in [-0.4, -0.2) is 67.3 Å². The summed E-state index contributed by atoms with van der Waals surface area (Å²) in [5.41, 5.74) is 4.21. The quantitative estimate of drug-likeness (QED) is 0.154. The van der Waals surface area contributed by atoms with Crippen LogP contribution in [0.2, 0.25) is 0 Å². The smallest absolute Gasteiger partial charge is 0.233 e. The first-order valence-corrected chi connectivity index (χ1v) is 15.2. The molecule has 1 amide bonds. The molecule has 9 nitrogen and oxygen atoms in total. The third-order valence-electron chi connectivity index (χ3n) is 9.00. The maximum absolute atomic E-state index is 13.4. The van der Waals surface area contributed by atoms with Crippen molar-refractivity contribution in [2.45, 2.75) is 61.8 Å². The van der Waals surface area contributed by atoms with Crippen LogP contribution >= 0.6 is 0 Å². The van der Waals surface area contributed by atoms with Crippen molar-refractivity contribution in [1.29, 1.82) is 0 Å². The Bertz CT molecular complexity index is 1640. The number of hydrogen-bond donors (Lipinski definition) is 6. The van der Waals surface area contributed by atoms with E-state index in [9.17, 15) is 39.8 Å². The summed E-state index contributed by atoms with van der Waals surface area (Å²) < 4.78 is 18.6. The van der Waals surface area contributed by atoms with Crippen molar-refractivity contribution in [3.05, 3.63) is 126 Å². The van der Waals surface area contributed by atoms with Crippen LogP contribution in [-0.2, 0) is 9.53 Å². The summed E-state index contributed by atoms with van der Waals surface area (Å²) in [4.78, 5) is 15.2. The number of nitrogens with zero attached hydrogens (tertiary/aromatic N) is 1. The summed E-state index contributed by atoms with van der Waals surface area (Å²) in [5, 5.41) is 61.8. The molecule has 4 aromatic carbocycles. The van der Waals surface area contributed by atoms with Crippen molar-refractivity contribution in [3.8, 4) is 11.1 Å². The number of anilines is 1. The molecule has 6 rings (SSSR count). The van der Waals surface area contributed by atoms with E-state index in [1.54, 1.807) is 35.2 Å². The Morgan fingerprint density at radius 1 is 0.739 bits per heavy atom. The van der Waals surface area contributed by atoms with Crippen molar-refractivity contribution in [2.75, 3.05) is 4.90 Å². The van der Waals surface area contributed by atoms with Crippen molar-refractivity contribution in [1.82, 2.24) is 0 Å². The van der Waals surface area contributed by atoms with Crippen molar-refractivity contribution < 1.29 is 44.6 Å². The lowest BCUT2D eigenvalue weighted by molar-refractivity contribution is -0.297. The lowest BCUT2D eigenvalue weighted by Gasteiger charge is -2.48. The molecule has 0 aromatic heterocycles. The predicted molar refractivity (Wildman–Crippen MR) is 166 cm³/mol. The van der Waals surface area contributed by atoms with Gasteiger partial charge in [-0.25, -0.2) is 4.39 Å². The van der Waals surface area contributed by atoms with Gasteiger partial charge in [-0.05, 0) is 71.0 Å². The maximum atomic E-state index is 13.4. The van der Waals surface area contributed by atoms with Gasteiger partial charge in [-0.2, -0.15) is 0 Å². The van der Waals surface area contributed by atoms with Crippen molar-refractivity contribution in [2.24, 2.45) is 5.92 Å². The van der Waals surface area contributed by atoms with Gasteiger partial charge >= 0.3 is 0 Å². The van der Waals surface area contributed by atoms with Gasteiger partial charge in [0, 0.05) is 5.69 Å². The summed E-state index contributed by atoms with van der Waals surface area (Å²) in [7, 11) is 0. The molecule has 2 aliphatic heterocycles. The molecular weight excluding hydrogens is 593 g/mol. The number of aliphatic hydroxyl groups excluding tert-OH is 6. The first kappa shape index (κ1) is 32.0. The van der Waals surface area contributed by atoms with Gasteiger partial charge in [0.1, 0.15) is 36.3 Å². The van der Waals surface area contributed by atoms with Crippen molar-refractivity contribution >= 4 is 11.6 Å². The van der Waals surface area contributed by atoms with E-state index in [2.05, 4.69) is 0 Å². The molecule has 2 aliphatic rings. The Morgan fingerprint density at radius 3 is 2.13 bits per heavy atom. The minimum absolute atomic E-state index is 0.0388. The Hall–Kier alpha value is -4.00. The highest BCUT2D eigenvalue weighted by Crippen LogP contribution is 2.46. The number of carbonyl (C=O) groups is 1. The second-order valence-corrected chi connectivity index (χ2v) is 11.9. The molecule has 0 saturated carbocycles. The van der Waals surface area contributed by atoms with E-state index >= 15 is 0 Å². The SMILES string of the molecule is O=C1[C@H](CC[C@H](O)c2ccc(F)cc2)[C@H](c2ccc(-c3cccc([C@@H](O)[C@H]4O[C@H](O)[C@H](O)[C@@H](O)[C@@H]4O)c3)cc2)N1c1ccccc1. The molecule has 240 valence electrons. The van der Waals surface area contributed by atoms with Crippen molar-refractivity contribution in [3.63, 3.8) is 0 Å². The second-order valence-electron chi connectivity index (χ2n) is 11.9. The van der Waals surface area contributed by atoms with E-state index in [4.69, 9.17) is 4.74 Å². The highest BCUT2D eigenvalue weighted by atomic mass is 19.1. The summed E-state index contributed by atoms with van der Waals surface area (Å²) in [6.07, 6.45) is -9.63. The van der Waals surface area contributed by atoms with Gasteiger partial charge in [-0.1, -0.05) is 72.8 Å². The molecule has 0 radical (unpaired) electrons. The van der Waals surface area contributed by atoms with E-state index in [1.807, 2.05) is 60.7 Å². The summed E-state index contributed by atoms with van der Waals surface area (Å²) in [6.45, 7) is 0. The topological polar surface area (TPSA) is 151 Å². The Kier molecular flexibility index (Phi) is 9.30. The Balaban J connectivity index is 1.21. The van der Waals surface area contributed by atoms with Gasteiger partial charge in [0.05, 0.1) is 18.1 Å². The highest BCUT2D eigenvalue weighted by Gasteiger charge is 2.49. The molecule has 0 unspecified atom stereocenters. The average Bonchev–Trinajstić information content (AvgIpc) is 3.08. The number of hydrogen-bond acceptors (Lipinski definition) is 8. The zero-order valence-electron chi connectivity index (χ0n) is 24.8. The number of carbonyl (C=O) groups excluding carboxylic acids is 1. The van der Waals surface area contributed by atoms with Crippen LogP contribution in [0.4, 0.5) is 10.1 Å².